The molecule has 0 aromatic heterocycles. The number of piperidine rings is 1. The van der Waals surface area contributed by atoms with Crippen molar-refractivity contribution in [3.05, 3.63) is 53.6 Å². The van der Waals surface area contributed by atoms with Gasteiger partial charge in [-0.05, 0) is 42.8 Å². The summed E-state index contributed by atoms with van der Waals surface area (Å²) in [6, 6.07) is 9.59. The second kappa shape index (κ2) is 10.2. The number of ether oxygens (including phenoxy) is 2. The molecule has 33 heavy (non-hydrogen) atoms. The lowest BCUT2D eigenvalue weighted by molar-refractivity contribution is -0.274. The number of nitrogens with zero attached hydrogens (tertiary/aromatic N) is 1. The van der Waals surface area contributed by atoms with Crippen LogP contribution in [0.1, 0.15) is 12.8 Å². The second-order valence-corrected chi connectivity index (χ2v) is 9.40. The third-order valence-corrected chi connectivity index (χ3v) is 7.31. The molecule has 0 aliphatic carbocycles. The zero-order chi connectivity index (χ0) is 24.2. The highest BCUT2D eigenvalue weighted by Gasteiger charge is 2.38. The van der Waals surface area contributed by atoms with Gasteiger partial charge >= 0.3 is 12.5 Å². The number of nitrogens with one attached hydrogen (secondary N) is 1. The van der Waals surface area contributed by atoms with E-state index in [1.807, 2.05) is 0 Å². The van der Waals surface area contributed by atoms with Gasteiger partial charge in [0.05, 0.1) is 17.7 Å². The van der Waals surface area contributed by atoms with Crippen LogP contribution in [0.2, 0.25) is 5.02 Å². The van der Waals surface area contributed by atoms with Gasteiger partial charge in [0.15, 0.2) is 0 Å². The van der Waals surface area contributed by atoms with Gasteiger partial charge in [-0.15, -0.1) is 13.2 Å². The fourth-order valence-electron chi connectivity index (χ4n) is 3.40. The number of alkyl halides is 3. The molecule has 1 aliphatic rings. The summed E-state index contributed by atoms with van der Waals surface area (Å²) >= 11 is 6.03. The lowest BCUT2D eigenvalue weighted by atomic mass is 10.0. The molecule has 2 aromatic rings. The first kappa shape index (κ1) is 25.1. The summed E-state index contributed by atoms with van der Waals surface area (Å²) < 4.78 is 72.8. The summed E-state index contributed by atoms with van der Waals surface area (Å²) in [6.45, 7) is -0.508. The van der Waals surface area contributed by atoms with E-state index in [2.05, 4.69) is 10.1 Å². The molecule has 1 fully saturated rings. The molecule has 0 spiro atoms. The van der Waals surface area contributed by atoms with E-state index in [0.29, 0.717) is 0 Å². The number of anilines is 1. The molecule has 2 N–H and O–H groups in total. The zero-order valence-electron chi connectivity index (χ0n) is 17.0. The first-order chi connectivity index (χ1) is 15.5. The number of hydrogen-bond donors (Lipinski definition) is 2. The normalized spacial score (nSPS) is 19.7. The summed E-state index contributed by atoms with van der Waals surface area (Å²) in [5, 5.41) is 12.2. The van der Waals surface area contributed by atoms with Crippen LogP contribution in [0.15, 0.2) is 53.4 Å². The van der Waals surface area contributed by atoms with Crippen LogP contribution in [-0.2, 0) is 14.8 Å². The summed E-state index contributed by atoms with van der Waals surface area (Å²) in [4.78, 5) is 12.1. The number of carbonyl (C=O) groups is 1. The van der Waals surface area contributed by atoms with Crippen molar-refractivity contribution in [3.63, 3.8) is 0 Å². The van der Waals surface area contributed by atoms with Crippen LogP contribution in [0, 0.1) is 0 Å². The van der Waals surface area contributed by atoms with Crippen molar-refractivity contribution in [1.82, 2.24) is 4.31 Å². The molecule has 0 radical (unpaired) electrons. The highest BCUT2D eigenvalue weighted by atomic mass is 35.5. The van der Waals surface area contributed by atoms with E-state index < -0.39 is 47.0 Å². The van der Waals surface area contributed by atoms with Crippen LogP contribution < -0.4 is 10.1 Å². The summed E-state index contributed by atoms with van der Waals surface area (Å²) in [6.07, 6.45) is -6.17. The molecule has 2 aromatic carbocycles. The summed E-state index contributed by atoms with van der Waals surface area (Å²) in [5.41, 5.74) is 0.173. The van der Waals surface area contributed by atoms with Gasteiger partial charge < -0.3 is 14.6 Å². The van der Waals surface area contributed by atoms with Crippen molar-refractivity contribution >= 4 is 33.4 Å². The van der Waals surface area contributed by atoms with Gasteiger partial charge in [-0.1, -0.05) is 23.7 Å². The number of carbonyl (C=O) groups excluding carboxylic acids is 1. The molecule has 13 heteroatoms. The minimum Gasteiger partial charge on any atom is -0.446 e. The predicted octanol–water partition coefficient (Wildman–Crippen LogP) is 4.00. The van der Waals surface area contributed by atoms with E-state index >= 15 is 0 Å². The number of halogens is 4. The molecule has 180 valence electrons. The Morgan fingerprint density at radius 3 is 2.45 bits per heavy atom. The van der Waals surface area contributed by atoms with E-state index in [4.69, 9.17) is 16.3 Å². The van der Waals surface area contributed by atoms with E-state index in [1.165, 1.54) is 30.3 Å². The minimum atomic E-state index is -4.83. The first-order valence-electron chi connectivity index (χ1n) is 9.70. The third kappa shape index (κ3) is 6.50. The summed E-state index contributed by atoms with van der Waals surface area (Å²) in [5.74, 6) is -0.445. The standard InChI is InChI=1S/C20H20ClF3N2O6S/c21-17-3-1-2-4-18(17)33(29,30)26-10-9-16(11-14(26)12-27)31-19(28)25-13-5-7-15(8-6-13)32-20(22,23)24/h1-8,14,16,27H,9-12H2,(H,25,28)/t14-,16-/m1/s1. The first-order valence-corrected chi connectivity index (χ1v) is 11.5. The Morgan fingerprint density at radius 1 is 1.18 bits per heavy atom. The highest BCUT2D eigenvalue weighted by Crippen LogP contribution is 2.30. The SMILES string of the molecule is O=C(Nc1ccc(OC(F)(F)F)cc1)O[C@@H]1CCN(S(=O)(=O)c2ccccc2Cl)[C@@H](CO)C1. The monoisotopic (exact) mass is 508 g/mol. The lowest BCUT2D eigenvalue weighted by Crippen LogP contribution is -2.50. The van der Waals surface area contributed by atoms with Crippen molar-refractivity contribution in [2.45, 2.75) is 36.2 Å². The van der Waals surface area contributed by atoms with Crippen LogP contribution in [0.3, 0.4) is 0 Å². The van der Waals surface area contributed by atoms with E-state index in [1.54, 1.807) is 6.07 Å². The maximum absolute atomic E-state index is 13.0. The third-order valence-electron chi connectivity index (χ3n) is 4.86. The Kier molecular flexibility index (Phi) is 7.73. The molecular formula is C20H20ClF3N2O6S. The Bertz CT molecular complexity index is 1080. The number of aliphatic hydroxyl groups excluding tert-OH is 1. The van der Waals surface area contributed by atoms with Crippen molar-refractivity contribution < 1.29 is 41.0 Å². The Morgan fingerprint density at radius 2 is 1.85 bits per heavy atom. The molecule has 2 atom stereocenters. The molecule has 1 heterocycles. The molecule has 0 bridgehead atoms. The number of amides is 1. The maximum Gasteiger partial charge on any atom is 0.573 e. The molecule has 3 rings (SSSR count). The molecule has 1 amide bonds. The van der Waals surface area contributed by atoms with Crippen LogP contribution in [0.4, 0.5) is 23.7 Å². The van der Waals surface area contributed by atoms with Crippen LogP contribution in [0.5, 0.6) is 5.75 Å². The number of sulfonamides is 1. The molecule has 0 unspecified atom stereocenters. The number of aliphatic hydroxyl groups is 1. The minimum absolute atomic E-state index is 0.0137. The van der Waals surface area contributed by atoms with Gasteiger partial charge in [0.2, 0.25) is 10.0 Å². The molecule has 1 aliphatic heterocycles. The Hall–Kier alpha value is -2.54. The van der Waals surface area contributed by atoms with Crippen LogP contribution in [-0.4, -0.2) is 55.6 Å². The Labute approximate surface area is 192 Å². The molecule has 0 saturated carbocycles. The average molecular weight is 509 g/mol. The summed E-state index contributed by atoms with van der Waals surface area (Å²) in [7, 11) is -3.98. The molecular weight excluding hydrogens is 489 g/mol. The Balaban J connectivity index is 1.59. The van der Waals surface area contributed by atoms with E-state index in [9.17, 15) is 31.5 Å². The van der Waals surface area contributed by atoms with Gasteiger partial charge in [0.25, 0.3) is 0 Å². The van der Waals surface area contributed by atoms with Gasteiger partial charge in [-0.2, -0.15) is 4.31 Å². The van der Waals surface area contributed by atoms with Gasteiger partial charge in [0, 0.05) is 18.7 Å². The average Bonchev–Trinajstić information content (AvgIpc) is 2.74. The topological polar surface area (TPSA) is 105 Å². The second-order valence-electron chi connectivity index (χ2n) is 7.13. The fourth-order valence-corrected chi connectivity index (χ4v) is 5.54. The molecule has 1 saturated heterocycles. The lowest BCUT2D eigenvalue weighted by Gasteiger charge is -2.37. The number of hydrogen-bond acceptors (Lipinski definition) is 6. The molecule has 8 nitrogen and oxygen atoms in total. The zero-order valence-corrected chi connectivity index (χ0v) is 18.5. The van der Waals surface area contributed by atoms with E-state index in [-0.39, 0.29) is 35.0 Å². The van der Waals surface area contributed by atoms with Gasteiger partial charge in [0.1, 0.15) is 16.7 Å². The van der Waals surface area contributed by atoms with Crippen LogP contribution >= 0.6 is 11.6 Å². The van der Waals surface area contributed by atoms with E-state index in [0.717, 1.165) is 16.4 Å². The largest absolute Gasteiger partial charge is 0.573 e. The predicted molar refractivity (Wildman–Crippen MR) is 112 cm³/mol. The fraction of sp³-hybridized carbons (Fsp3) is 0.350. The van der Waals surface area contributed by atoms with Crippen molar-refractivity contribution in [3.8, 4) is 5.75 Å². The number of rotatable bonds is 6. The van der Waals surface area contributed by atoms with Gasteiger partial charge in [-0.3, -0.25) is 5.32 Å². The van der Waals surface area contributed by atoms with Crippen molar-refractivity contribution in [2.24, 2.45) is 0 Å². The smallest absolute Gasteiger partial charge is 0.446 e. The number of benzene rings is 2. The van der Waals surface area contributed by atoms with Crippen molar-refractivity contribution in [1.29, 1.82) is 0 Å². The van der Waals surface area contributed by atoms with Crippen LogP contribution in [0.25, 0.3) is 0 Å². The van der Waals surface area contributed by atoms with Crippen molar-refractivity contribution in [2.75, 3.05) is 18.5 Å². The van der Waals surface area contributed by atoms with Gasteiger partial charge in [-0.25, -0.2) is 13.2 Å². The highest BCUT2D eigenvalue weighted by molar-refractivity contribution is 7.89. The quantitative estimate of drug-likeness (QED) is 0.611. The maximum atomic E-state index is 13.0.